The summed E-state index contributed by atoms with van der Waals surface area (Å²) < 4.78 is 5.58. The van der Waals surface area contributed by atoms with Gasteiger partial charge in [0, 0.05) is 31.6 Å². The minimum Gasteiger partial charge on any atom is -0.493 e. The Bertz CT molecular complexity index is 604. The molecule has 0 aromatic heterocycles. The van der Waals surface area contributed by atoms with Gasteiger partial charge in [0.2, 0.25) is 5.91 Å². The topological polar surface area (TPSA) is 32.8 Å². The van der Waals surface area contributed by atoms with Crippen molar-refractivity contribution in [2.45, 2.75) is 44.7 Å². The Balaban J connectivity index is 1.72. The monoisotopic (exact) mass is 328 g/mol. The van der Waals surface area contributed by atoms with E-state index in [-0.39, 0.29) is 5.91 Å². The van der Waals surface area contributed by atoms with Gasteiger partial charge in [-0.1, -0.05) is 31.1 Å². The Labute approximate surface area is 145 Å². The van der Waals surface area contributed by atoms with Crippen molar-refractivity contribution in [3.63, 3.8) is 0 Å². The first-order valence-electron chi connectivity index (χ1n) is 9.00. The van der Waals surface area contributed by atoms with E-state index in [4.69, 9.17) is 4.74 Å². The van der Waals surface area contributed by atoms with E-state index in [0.717, 1.165) is 38.2 Å². The fourth-order valence-corrected chi connectivity index (χ4v) is 3.60. The van der Waals surface area contributed by atoms with Crippen molar-refractivity contribution < 1.29 is 9.53 Å². The molecule has 3 rings (SSSR count). The molecule has 1 saturated carbocycles. The van der Waals surface area contributed by atoms with Gasteiger partial charge in [-0.05, 0) is 44.1 Å². The highest BCUT2D eigenvalue weighted by molar-refractivity contribution is 5.87. The molecule has 1 aliphatic carbocycles. The molecule has 1 aromatic rings. The molecule has 2 aliphatic rings. The molecule has 1 aromatic carbocycles. The number of nitrogens with zero attached hydrogens (tertiary/aromatic N) is 2. The highest BCUT2D eigenvalue weighted by Crippen LogP contribution is 2.29. The number of fused-ring (bicyclic) bond motifs is 1. The van der Waals surface area contributed by atoms with Gasteiger partial charge in [-0.25, -0.2) is 0 Å². The van der Waals surface area contributed by atoms with E-state index in [1.165, 1.54) is 24.0 Å². The second kappa shape index (κ2) is 7.84. The summed E-state index contributed by atoms with van der Waals surface area (Å²) in [6.45, 7) is 2.26. The van der Waals surface area contributed by atoms with Crippen molar-refractivity contribution in [2.24, 2.45) is 0 Å². The zero-order valence-corrected chi connectivity index (χ0v) is 14.8. The Morgan fingerprint density at radius 3 is 2.83 bits per heavy atom. The van der Waals surface area contributed by atoms with Crippen LogP contribution in [-0.2, 0) is 17.8 Å². The minimum atomic E-state index is 0.139. The lowest BCUT2D eigenvalue weighted by atomic mass is 10.1. The molecule has 4 nitrogen and oxygen atoms in total. The number of hydrogen-bond donors (Lipinski definition) is 0. The summed E-state index contributed by atoms with van der Waals surface area (Å²) in [4.78, 5) is 16.9. The Morgan fingerprint density at radius 1 is 1.29 bits per heavy atom. The molecule has 0 atom stereocenters. The van der Waals surface area contributed by atoms with Crippen LogP contribution in [0.4, 0.5) is 0 Å². The van der Waals surface area contributed by atoms with Crippen LogP contribution in [0.15, 0.2) is 30.4 Å². The number of carbonyl (C=O) groups is 1. The lowest BCUT2D eigenvalue weighted by Crippen LogP contribution is -2.37. The molecule has 0 N–H and O–H groups in total. The van der Waals surface area contributed by atoms with Crippen molar-refractivity contribution in [3.8, 4) is 5.75 Å². The third-order valence-electron chi connectivity index (χ3n) is 4.89. The predicted molar refractivity (Wildman–Crippen MR) is 96.1 cm³/mol. The third kappa shape index (κ3) is 4.18. The van der Waals surface area contributed by atoms with Gasteiger partial charge in [0.1, 0.15) is 5.75 Å². The van der Waals surface area contributed by atoms with Gasteiger partial charge < -0.3 is 14.5 Å². The van der Waals surface area contributed by atoms with Crippen molar-refractivity contribution in [1.29, 1.82) is 0 Å². The second-order valence-corrected chi connectivity index (χ2v) is 7.11. The number of likely N-dealkylation sites (N-methyl/N-ethyl adjacent to an activating group) is 1. The highest BCUT2D eigenvalue weighted by Gasteiger charge is 2.26. The van der Waals surface area contributed by atoms with Crippen molar-refractivity contribution >= 4 is 5.91 Å². The zero-order chi connectivity index (χ0) is 16.9. The van der Waals surface area contributed by atoms with Gasteiger partial charge in [-0.2, -0.15) is 0 Å². The number of rotatable bonds is 6. The Morgan fingerprint density at radius 2 is 2.08 bits per heavy atom. The number of hydrogen-bond acceptors (Lipinski definition) is 3. The number of benzene rings is 1. The number of ether oxygens (including phenoxy) is 1. The first-order valence-corrected chi connectivity index (χ1v) is 9.00. The first kappa shape index (κ1) is 17.0. The quantitative estimate of drug-likeness (QED) is 0.753. The molecule has 4 heteroatoms. The molecule has 1 aliphatic heterocycles. The molecule has 1 heterocycles. The first-order chi connectivity index (χ1) is 11.6. The van der Waals surface area contributed by atoms with Gasteiger partial charge in [-0.3, -0.25) is 4.79 Å². The van der Waals surface area contributed by atoms with Crippen LogP contribution in [0.2, 0.25) is 0 Å². The molecule has 0 spiro atoms. The number of amides is 1. The summed E-state index contributed by atoms with van der Waals surface area (Å²) in [5.74, 6) is 1.14. The van der Waals surface area contributed by atoms with Gasteiger partial charge in [-0.15, -0.1) is 0 Å². The van der Waals surface area contributed by atoms with Gasteiger partial charge in [0.05, 0.1) is 6.61 Å². The van der Waals surface area contributed by atoms with E-state index in [9.17, 15) is 4.79 Å². The molecule has 0 unspecified atom stereocenters. The van der Waals surface area contributed by atoms with E-state index in [1.807, 2.05) is 20.2 Å². The van der Waals surface area contributed by atoms with E-state index in [1.54, 1.807) is 6.08 Å². The van der Waals surface area contributed by atoms with E-state index >= 15 is 0 Å². The lowest BCUT2D eigenvalue weighted by Gasteiger charge is -2.28. The minimum absolute atomic E-state index is 0.139. The van der Waals surface area contributed by atoms with E-state index in [0.29, 0.717) is 12.6 Å². The fraction of sp³-hybridized carbons (Fsp3) is 0.550. The Hall–Kier alpha value is -1.81. The Kier molecular flexibility index (Phi) is 5.56. The van der Waals surface area contributed by atoms with Crippen LogP contribution < -0.4 is 4.74 Å². The smallest absolute Gasteiger partial charge is 0.246 e. The van der Waals surface area contributed by atoms with Crippen LogP contribution in [0.5, 0.6) is 5.75 Å². The summed E-state index contributed by atoms with van der Waals surface area (Å²) in [5.41, 5.74) is 2.48. The van der Waals surface area contributed by atoms with Crippen LogP contribution in [0.25, 0.3) is 0 Å². The van der Waals surface area contributed by atoms with Crippen LogP contribution >= 0.6 is 0 Å². The van der Waals surface area contributed by atoms with Crippen LogP contribution in [-0.4, -0.2) is 49.0 Å². The highest BCUT2D eigenvalue weighted by atomic mass is 16.5. The maximum atomic E-state index is 12.7. The standard InChI is InChI=1S/C20H28N2O2/c1-21(2)12-5-8-20(23)22(18-6-3-4-7-18)15-16-9-10-19-17(14-16)11-13-24-19/h5,8-10,14,18H,3-4,6-7,11-13,15H2,1-2H3/b8-5+. The van der Waals surface area contributed by atoms with Gasteiger partial charge in [0.25, 0.3) is 0 Å². The average Bonchev–Trinajstić information content (AvgIpc) is 3.23. The molecular weight excluding hydrogens is 300 g/mol. The fourth-order valence-electron chi connectivity index (χ4n) is 3.60. The molecule has 0 bridgehead atoms. The molecule has 24 heavy (non-hydrogen) atoms. The molecule has 0 saturated heterocycles. The van der Waals surface area contributed by atoms with Crippen molar-refractivity contribution in [2.75, 3.05) is 27.2 Å². The average molecular weight is 328 g/mol. The second-order valence-electron chi connectivity index (χ2n) is 7.11. The summed E-state index contributed by atoms with van der Waals surface area (Å²) in [6.07, 6.45) is 9.39. The van der Waals surface area contributed by atoms with Crippen molar-refractivity contribution in [3.05, 3.63) is 41.5 Å². The lowest BCUT2D eigenvalue weighted by molar-refractivity contribution is -0.128. The normalized spacial score (nSPS) is 17.5. The van der Waals surface area contributed by atoms with E-state index < -0.39 is 0 Å². The van der Waals surface area contributed by atoms with Crippen LogP contribution in [0, 0.1) is 0 Å². The zero-order valence-electron chi connectivity index (χ0n) is 14.8. The number of carbonyl (C=O) groups excluding carboxylic acids is 1. The van der Waals surface area contributed by atoms with Crippen molar-refractivity contribution in [1.82, 2.24) is 9.80 Å². The SMILES string of the molecule is CN(C)C/C=C/C(=O)N(Cc1ccc2c(c1)CCO2)C1CCCC1. The summed E-state index contributed by atoms with van der Waals surface area (Å²) in [5, 5.41) is 0. The summed E-state index contributed by atoms with van der Waals surface area (Å²) in [7, 11) is 4.02. The third-order valence-corrected chi connectivity index (χ3v) is 4.89. The summed E-state index contributed by atoms with van der Waals surface area (Å²) >= 11 is 0. The van der Waals surface area contributed by atoms with Gasteiger partial charge >= 0.3 is 0 Å². The van der Waals surface area contributed by atoms with Crippen LogP contribution in [0.3, 0.4) is 0 Å². The molecular formula is C20H28N2O2. The molecule has 1 amide bonds. The molecule has 130 valence electrons. The van der Waals surface area contributed by atoms with E-state index in [2.05, 4.69) is 28.0 Å². The molecule has 1 fully saturated rings. The summed E-state index contributed by atoms with van der Waals surface area (Å²) in [6, 6.07) is 6.74. The van der Waals surface area contributed by atoms with Gasteiger partial charge in [0.15, 0.2) is 0 Å². The molecule has 0 radical (unpaired) electrons. The predicted octanol–water partition coefficient (Wildman–Crippen LogP) is 3.01. The maximum Gasteiger partial charge on any atom is 0.246 e. The maximum absolute atomic E-state index is 12.7. The largest absolute Gasteiger partial charge is 0.493 e. The van der Waals surface area contributed by atoms with Crippen LogP contribution in [0.1, 0.15) is 36.8 Å².